The smallest absolute Gasteiger partial charge is 0.144 e. The molecule has 0 aliphatic rings. The van der Waals surface area contributed by atoms with Crippen LogP contribution in [0, 0.1) is 0 Å². The summed E-state index contributed by atoms with van der Waals surface area (Å²) >= 11 is 0. The lowest BCUT2D eigenvalue weighted by atomic mass is 10.0. The van der Waals surface area contributed by atoms with Gasteiger partial charge in [-0.15, -0.1) is 0 Å². The van der Waals surface area contributed by atoms with Gasteiger partial charge in [0.1, 0.15) is 6.29 Å². The second-order valence-electron chi connectivity index (χ2n) is 5.29. The Bertz CT molecular complexity index is 207. The van der Waals surface area contributed by atoms with Crippen molar-refractivity contribution in [3.63, 3.8) is 0 Å². The first kappa shape index (κ1) is 16.9. The zero-order valence-electron chi connectivity index (χ0n) is 10.4. The molecule has 0 atom stereocenters. The molecule has 0 amide bonds. The number of nitrogens with zero attached hydrogens (tertiary/aromatic N) is 1. The molecule has 0 saturated carbocycles. The normalized spacial score (nSPS) is 12.3. The molecule has 0 aromatic carbocycles. The molecular weight excluding hydrogens is 212 g/mol. The Kier molecular flexibility index (Phi) is 7.71. The summed E-state index contributed by atoms with van der Waals surface area (Å²) < 4.78 is 0.961. The van der Waals surface area contributed by atoms with Gasteiger partial charge in [-0.1, -0.05) is 0 Å². The van der Waals surface area contributed by atoms with Crippen molar-refractivity contribution in [2.24, 2.45) is 0 Å². The fourth-order valence-corrected chi connectivity index (χ4v) is 1.00. The lowest BCUT2D eigenvalue weighted by molar-refractivity contribution is -0.870. The Balaban J connectivity index is 0. The molecule has 90 valence electrons. The van der Waals surface area contributed by atoms with E-state index >= 15 is 0 Å². The highest BCUT2D eigenvalue weighted by Crippen LogP contribution is 2.10. The highest BCUT2D eigenvalue weighted by molar-refractivity contribution is 5.64. The van der Waals surface area contributed by atoms with E-state index in [0.29, 0.717) is 0 Å². The molecule has 0 bridgehead atoms. The summed E-state index contributed by atoms with van der Waals surface area (Å²) in [5.74, 6) is 0. The number of carbonyl (C=O) groups excluding carboxylic acids is 1. The summed E-state index contributed by atoms with van der Waals surface area (Å²) in [5, 5.41) is 3.21. The molecule has 0 unspecified atom stereocenters. The molecule has 4 heteroatoms. The molecular formula is C11H23ClN2O. The molecule has 0 heterocycles. The zero-order chi connectivity index (χ0) is 11.2. The van der Waals surface area contributed by atoms with Crippen LogP contribution in [0.5, 0.6) is 0 Å². The summed E-state index contributed by atoms with van der Waals surface area (Å²) in [6.07, 6.45) is 5.04. The number of quaternary nitrogens is 1. The fraction of sp³-hybridized carbons (Fsp3) is 0.727. The van der Waals surface area contributed by atoms with Gasteiger partial charge in [0.05, 0.1) is 27.7 Å². The third-order valence-corrected chi connectivity index (χ3v) is 2.06. The summed E-state index contributed by atoms with van der Waals surface area (Å²) in [7, 11) is 6.53. The maximum atomic E-state index is 10.1. The van der Waals surface area contributed by atoms with Crippen LogP contribution in [0.4, 0.5) is 0 Å². The van der Waals surface area contributed by atoms with Crippen LogP contribution in [-0.2, 0) is 4.79 Å². The van der Waals surface area contributed by atoms with E-state index in [-0.39, 0.29) is 17.9 Å². The number of allylic oxidation sites excluding steroid dienone is 1. The van der Waals surface area contributed by atoms with E-state index in [1.807, 2.05) is 0 Å². The lowest BCUT2D eigenvalue weighted by Gasteiger charge is -2.31. The van der Waals surface area contributed by atoms with Crippen molar-refractivity contribution >= 4 is 6.29 Å². The number of rotatable bonds is 6. The molecule has 0 aromatic rings. The van der Waals surface area contributed by atoms with Gasteiger partial charge in [0, 0.05) is 18.2 Å². The van der Waals surface area contributed by atoms with Crippen molar-refractivity contribution in [1.82, 2.24) is 5.32 Å². The standard InChI is InChI=1S/C11H22N2O.ClH/c1-11(2,12-8-6-10-14)7-9-13(3,4)5;/h6,8,10H,7,9H2,1-5H3;1H. The molecule has 15 heavy (non-hydrogen) atoms. The van der Waals surface area contributed by atoms with Crippen molar-refractivity contribution in [2.45, 2.75) is 25.8 Å². The van der Waals surface area contributed by atoms with E-state index in [9.17, 15) is 4.79 Å². The molecule has 0 aliphatic heterocycles. The highest BCUT2D eigenvalue weighted by Gasteiger charge is 2.19. The van der Waals surface area contributed by atoms with Crippen LogP contribution < -0.4 is 17.7 Å². The second kappa shape index (κ2) is 6.85. The number of carbonyl (C=O) groups is 1. The van der Waals surface area contributed by atoms with Gasteiger partial charge in [0.2, 0.25) is 0 Å². The Morgan fingerprint density at radius 2 is 1.80 bits per heavy atom. The lowest BCUT2D eigenvalue weighted by Crippen LogP contribution is -3.00. The van der Waals surface area contributed by atoms with Crippen molar-refractivity contribution in [1.29, 1.82) is 0 Å². The molecule has 0 saturated heterocycles. The van der Waals surface area contributed by atoms with Crippen LogP contribution >= 0.6 is 0 Å². The van der Waals surface area contributed by atoms with E-state index < -0.39 is 0 Å². The SMILES string of the molecule is CC(C)(CC[N+](C)(C)C)NC=CC=O.[Cl-]. The number of hydrogen-bond donors (Lipinski definition) is 1. The Morgan fingerprint density at radius 1 is 1.27 bits per heavy atom. The van der Waals surface area contributed by atoms with Gasteiger partial charge in [-0.25, -0.2) is 0 Å². The minimum absolute atomic E-state index is 0. The topological polar surface area (TPSA) is 29.1 Å². The Labute approximate surface area is 99.5 Å². The second-order valence-corrected chi connectivity index (χ2v) is 5.29. The fourth-order valence-electron chi connectivity index (χ4n) is 1.00. The average molecular weight is 235 g/mol. The number of halogens is 1. The quantitative estimate of drug-likeness (QED) is 0.333. The maximum absolute atomic E-state index is 10.1. The van der Waals surface area contributed by atoms with Crippen LogP contribution in [0.1, 0.15) is 20.3 Å². The molecule has 1 N–H and O–H groups in total. The van der Waals surface area contributed by atoms with E-state index in [2.05, 4.69) is 40.3 Å². The minimum atomic E-state index is 0. The monoisotopic (exact) mass is 234 g/mol. The van der Waals surface area contributed by atoms with Crippen LogP contribution in [0.2, 0.25) is 0 Å². The Hall–Kier alpha value is -0.540. The molecule has 0 aliphatic carbocycles. The van der Waals surface area contributed by atoms with Crippen LogP contribution in [-0.4, -0.2) is 44.0 Å². The minimum Gasteiger partial charge on any atom is -1.00 e. The van der Waals surface area contributed by atoms with Crippen LogP contribution in [0.3, 0.4) is 0 Å². The molecule has 0 rings (SSSR count). The van der Waals surface area contributed by atoms with Crippen molar-refractivity contribution < 1.29 is 21.7 Å². The predicted molar refractivity (Wildman–Crippen MR) is 59.9 cm³/mol. The first-order valence-corrected chi connectivity index (χ1v) is 4.95. The number of nitrogens with one attached hydrogen (secondary N) is 1. The van der Waals surface area contributed by atoms with Crippen molar-refractivity contribution in [3.05, 3.63) is 12.3 Å². The predicted octanol–water partition coefficient (Wildman–Crippen LogP) is -1.83. The van der Waals surface area contributed by atoms with Gasteiger partial charge in [-0.2, -0.15) is 0 Å². The largest absolute Gasteiger partial charge is 1.00 e. The highest BCUT2D eigenvalue weighted by atomic mass is 35.5. The van der Waals surface area contributed by atoms with E-state index in [0.717, 1.165) is 23.7 Å². The summed E-state index contributed by atoms with van der Waals surface area (Å²) in [5.41, 5.74) is 0.0467. The summed E-state index contributed by atoms with van der Waals surface area (Å²) in [6, 6.07) is 0. The number of aldehydes is 1. The van der Waals surface area contributed by atoms with Crippen molar-refractivity contribution in [3.8, 4) is 0 Å². The first-order valence-electron chi connectivity index (χ1n) is 4.95. The average Bonchev–Trinajstić information content (AvgIpc) is 2.00. The van der Waals surface area contributed by atoms with Gasteiger partial charge in [0.15, 0.2) is 0 Å². The molecule has 0 spiro atoms. The number of hydrogen-bond acceptors (Lipinski definition) is 2. The van der Waals surface area contributed by atoms with E-state index in [1.165, 1.54) is 6.08 Å². The van der Waals surface area contributed by atoms with Gasteiger partial charge in [-0.3, -0.25) is 4.79 Å². The Morgan fingerprint density at radius 3 is 2.20 bits per heavy atom. The van der Waals surface area contributed by atoms with Gasteiger partial charge in [0.25, 0.3) is 0 Å². The zero-order valence-corrected chi connectivity index (χ0v) is 11.1. The van der Waals surface area contributed by atoms with E-state index in [4.69, 9.17) is 0 Å². The van der Waals surface area contributed by atoms with Gasteiger partial charge >= 0.3 is 0 Å². The summed E-state index contributed by atoms with van der Waals surface area (Å²) in [4.78, 5) is 10.1. The van der Waals surface area contributed by atoms with Crippen molar-refractivity contribution in [2.75, 3.05) is 27.7 Å². The molecule has 3 nitrogen and oxygen atoms in total. The molecule has 0 fully saturated rings. The van der Waals surface area contributed by atoms with Gasteiger partial charge in [-0.05, 0) is 19.9 Å². The molecule has 0 radical (unpaired) electrons. The van der Waals surface area contributed by atoms with Crippen LogP contribution in [0.25, 0.3) is 0 Å². The first-order chi connectivity index (χ1) is 6.27. The van der Waals surface area contributed by atoms with E-state index in [1.54, 1.807) is 6.20 Å². The molecule has 0 aromatic heterocycles. The van der Waals surface area contributed by atoms with Gasteiger partial charge < -0.3 is 22.2 Å². The summed E-state index contributed by atoms with van der Waals surface area (Å²) in [6.45, 7) is 5.38. The third kappa shape index (κ3) is 11.4. The maximum Gasteiger partial charge on any atom is 0.144 e. The van der Waals surface area contributed by atoms with Crippen LogP contribution in [0.15, 0.2) is 12.3 Å². The third-order valence-electron chi connectivity index (χ3n) is 2.06.